The van der Waals surface area contributed by atoms with Crippen LogP contribution in [0.1, 0.15) is 13.8 Å². The van der Waals surface area contributed by atoms with E-state index >= 15 is 0 Å². The molecule has 0 radical (unpaired) electrons. The minimum Gasteiger partial charge on any atom is -0.465 e. The Hall–Kier alpha value is -2.32. The van der Waals surface area contributed by atoms with Crippen LogP contribution in [0.3, 0.4) is 0 Å². The minimum atomic E-state index is -0.493. The van der Waals surface area contributed by atoms with Gasteiger partial charge in [0, 0.05) is 5.02 Å². The van der Waals surface area contributed by atoms with Gasteiger partial charge in [0.1, 0.15) is 10.6 Å². The Labute approximate surface area is 152 Å². The van der Waals surface area contributed by atoms with Crippen molar-refractivity contribution in [3.63, 3.8) is 0 Å². The smallest absolute Gasteiger partial charge is 0.319 e. The zero-order valence-corrected chi connectivity index (χ0v) is 15.1. The van der Waals surface area contributed by atoms with Crippen LogP contribution in [-0.2, 0) is 9.53 Å². The van der Waals surface area contributed by atoms with E-state index in [0.717, 1.165) is 17.4 Å². The van der Waals surface area contributed by atoms with E-state index in [1.807, 2.05) is 0 Å². The Morgan fingerprint density at radius 2 is 2.12 bits per heavy atom. The molecule has 1 atom stereocenters. The SMILES string of the molecule is CCOC(=O)[C@@H](C)Sc1nc2c(cnn2-c2ccc(Cl)cc2)c(=O)[nH]1. The summed E-state index contributed by atoms with van der Waals surface area (Å²) in [7, 11) is 0. The Balaban J connectivity index is 2.00. The Bertz CT molecular complexity index is 968. The fraction of sp³-hybridized carbons (Fsp3) is 0.250. The minimum absolute atomic E-state index is 0.302. The number of ether oxygens (including phenoxy) is 1. The number of fused-ring (bicyclic) bond motifs is 1. The normalized spacial score (nSPS) is 12.3. The van der Waals surface area contributed by atoms with Gasteiger partial charge in [0.15, 0.2) is 10.8 Å². The lowest BCUT2D eigenvalue weighted by molar-refractivity contribution is -0.142. The summed E-state index contributed by atoms with van der Waals surface area (Å²) in [6.45, 7) is 3.74. The van der Waals surface area contributed by atoms with Gasteiger partial charge in [-0.1, -0.05) is 23.4 Å². The Morgan fingerprint density at radius 1 is 1.40 bits per heavy atom. The molecular weight excluding hydrogens is 364 g/mol. The number of aromatic amines is 1. The van der Waals surface area contributed by atoms with Crippen LogP contribution < -0.4 is 5.56 Å². The van der Waals surface area contributed by atoms with Gasteiger partial charge in [0.2, 0.25) is 0 Å². The maximum Gasteiger partial charge on any atom is 0.319 e. The highest BCUT2D eigenvalue weighted by Crippen LogP contribution is 2.22. The molecular formula is C16H15ClN4O3S. The highest BCUT2D eigenvalue weighted by molar-refractivity contribution is 8.00. The highest BCUT2D eigenvalue weighted by Gasteiger charge is 2.19. The van der Waals surface area contributed by atoms with Crippen molar-refractivity contribution in [2.24, 2.45) is 0 Å². The number of halogens is 1. The molecule has 25 heavy (non-hydrogen) atoms. The zero-order valence-electron chi connectivity index (χ0n) is 13.5. The van der Waals surface area contributed by atoms with E-state index in [9.17, 15) is 9.59 Å². The fourth-order valence-corrected chi connectivity index (χ4v) is 3.12. The number of benzene rings is 1. The van der Waals surface area contributed by atoms with Crippen molar-refractivity contribution in [1.29, 1.82) is 0 Å². The molecule has 0 unspecified atom stereocenters. The van der Waals surface area contributed by atoms with Crippen LogP contribution >= 0.6 is 23.4 Å². The van der Waals surface area contributed by atoms with Crippen molar-refractivity contribution in [3.05, 3.63) is 45.8 Å². The van der Waals surface area contributed by atoms with Crippen LogP contribution in [0.4, 0.5) is 0 Å². The van der Waals surface area contributed by atoms with E-state index < -0.39 is 5.25 Å². The molecule has 0 aliphatic rings. The summed E-state index contributed by atoms with van der Waals surface area (Å²) >= 11 is 7.03. The van der Waals surface area contributed by atoms with Crippen molar-refractivity contribution in [3.8, 4) is 5.69 Å². The van der Waals surface area contributed by atoms with E-state index in [-0.39, 0.29) is 11.5 Å². The zero-order chi connectivity index (χ0) is 18.0. The van der Waals surface area contributed by atoms with Gasteiger partial charge in [0.05, 0.1) is 18.5 Å². The number of thioether (sulfide) groups is 1. The van der Waals surface area contributed by atoms with Crippen LogP contribution in [0.25, 0.3) is 16.7 Å². The van der Waals surface area contributed by atoms with Gasteiger partial charge < -0.3 is 9.72 Å². The number of hydrogen-bond acceptors (Lipinski definition) is 6. The van der Waals surface area contributed by atoms with E-state index in [1.165, 1.54) is 6.20 Å². The monoisotopic (exact) mass is 378 g/mol. The van der Waals surface area contributed by atoms with E-state index in [2.05, 4.69) is 15.1 Å². The van der Waals surface area contributed by atoms with Crippen molar-refractivity contribution < 1.29 is 9.53 Å². The first kappa shape index (κ1) is 17.5. The molecule has 0 saturated carbocycles. The third-order valence-electron chi connectivity index (χ3n) is 3.39. The molecule has 1 aromatic carbocycles. The average Bonchev–Trinajstić information content (AvgIpc) is 3.00. The second-order valence-electron chi connectivity index (χ2n) is 5.15. The topological polar surface area (TPSA) is 89.9 Å². The summed E-state index contributed by atoms with van der Waals surface area (Å²) in [6.07, 6.45) is 1.46. The quantitative estimate of drug-likeness (QED) is 0.417. The number of carbonyl (C=O) groups is 1. The molecule has 0 spiro atoms. The molecule has 3 aromatic rings. The van der Waals surface area contributed by atoms with Crippen LogP contribution in [0.2, 0.25) is 5.02 Å². The molecule has 0 aliphatic heterocycles. The lowest BCUT2D eigenvalue weighted by Crippen LogP contribution is -2.18. The average molecular weight is 379 g/mol. The van der Waals surface area contributed by atoms with Crippen LogP contribution in [0.15, 0.2) is 40.4 Å². The van der Waals surface area contributed by atoms with Gasteiger partial charge in [-0.2, -0.15) is 5.10 Å². The van der Waals surface area contributed by atoms with E-state index in [0.29, 0.717) is 27.8 Å². The van der Waals surface area contributed by atoms with Gasteiger partial charge in [-0.15, -0.1) is 0 Å². The molecule has 7 nitrogen and oxygen atoms in total. The summed E-state index contributed by atoms with van der Waals surface area (Å²) in [5, 5.41) is 5.03. The molecule has 3 rings (SSSR count). The number of hydrogen-bond donors (Lipinski definition) is 1. The number of nitrogens with one attached hydrogen (secondary N) is 1. The predicted molar refractivity (Wildman–Crippen MR) is 96.4 cm³/mol. The lowest BCUT2D eigenvalue weighted by Gasteiger charge is -2.09. The standard InChI is InChI=1S/C16H15ClN4O3S/c1-3-24-15(23)9(2)25-16-19-13-12(14(22)20-16)8-18-21(13)11-6-4-10(17)5-7-11/h4-9H,3H2,1-2H3,(H,19,20,22)/t9-/m1/s1. The first-order valence-electron chi connectivity index (χ1n) is 7.57. The second-order valence-corrected chi connectivity index (χ2v) is 6.92. The Morgan fingerprint density at radius 3 is 2.80 bits per heavy atom. The summed E-state index contributed by atoms with van der Waals surface area (Å²) in [5.41, 5.74) is 0.820. The van der Waals surface area contributed by atoms with Gasteiger partial charge in [0.25, 0.3) is 5.56 Å². The number of esters is 1. The summed E-state index contributed by atoms with van der Waals surface area (Å²) in [5.74, 6) is -0.360. The van der Waals surface area contributed by atoms with E-state index in [1.54, 1.807) is 42.8 Å². The van der Waals surface area contributed by atoms with Crippen molar-refractivity contribution in [2.75, 3.05) is 6.61 Å². The number of carbonyl (C=O) groups excluding carboxylic acids is 1. The van der Waals surface area contributed by atoms with Crippen molar-refractivity contribution in [2.45, 2.75) is 24.3 Å². The second kappa shape index (κ2) is 7.28. The number of rotatable bonds is 5. The molecule has 130 valence electrons. The third kappa shape index (κ3) is 3.69. The molecule has 0 fully saturated rings. The van der Waals surface area contributed by atoms with Gasteiger partial charge >= 0.3 is 5.97 Å². The predicted octanol–water partition coefficient (Wildman–Crippen LogP) is 2.81. The molecule has 9 heteroatoms. The maximum absolute atomic E-state index is 12.3. The first-order valence-corrected chi connectivity index (χ1v) is 8.82. The molecule has 0 amide bonds. The molecule has 2 heterocycles. The number of nitrogens with zero attached hydrogens (tertiary/aromatic N) is 3. The lowest BCUT2D eigenvalue weighted by atomic mass is 10.3. The Kier molecular flexibility index (Phi) is 5.10. The van der Waals surface area contributed by atoms with Crippen LogP contribution in [0, 0.1) is 0 Å². The molecule has 2 aromatic heterocycles. The van der Waals surface area contributed by atoms with E-state index in [4.69, 9.17) is 16.3 Å². The van der Waals surface area contributed by atoms with Gasteiger partial charge in [-0.25, -0.2) is 9.67 Å². The van der Waals surface area contributed by atoms with Crippen LogP contribution in [0.5, 0.6) is 0 Å². The number of H-pyrrole nitrogens is 1. The largest absolute Gasteiger partial charge is 0.465 e. The first-order chi connectivity index (χ1) is 12.0. The summed E-state index contributed by atoms with van der Waals surface area (Å²) in [4.78, 5) is 31.2. The van der Waals surface area contributed by atoms with Crippen molar-refractivity contribution in [1.82, 2.24) is 19.7 Å². The fourth-order valence-electron chi connectivity index (χ4n) is 2.20. The van der Waals surface area contributed by atoms with Crippen molar-refractivity contribution >= 4 is 40.4 Å². The van der Waals surface area contributed by atoms with Gasteiger partial charge in [-0.05, 0) is 38.1 Å². The maximum atomic E-state index is 12.3. The molecule has 0 bridgehead atoms. The molecule has 1 N–H and O–H groups in total. The molecule has 0 saturated heterocycles. The summed E-state index contributed by atoms with van der Waals surface area (Å²) < 4.78 is 6.53. The number of aromatic nitrogens is 4. The summed E-state index contributed by atoms with van der Waals surface area (Å²) in [6, 6.07) is 7.03. The van der Waals surface area contributed by atoms with Gasteiger partial charge in [-0.3, -0.25) is 9.59 Å². The third-order valence-corrected chi connectivity index (χ3v) is 4.61. The molecule has 0 aliphatic carbocycles. The highest BCUT2D eigenvalue weighted by atomic mass is 35.5. The van der Waals surface area contributed by atoms with Crippen LogP contribution in [-0.4, -0.2) is 37.6 Å².